The van der Waals surface area contributed by atoms with E-state index in [-0.39, 0.29) is 6.61 Å². The summed E-state index contributed by atoms with van der Waals surface area (Å²) in [4.78, 5) is 0. The molecule has 0 aromatic carbocycles. The third kappa shape index (κ3) is 4.40. The predicted molar refractivity (Wildman–Crippen MR) is 82.5 cm³/mol. The molecule has 10 atom stereocenters. The Morgan fingerprint density at radius 3 is 1.92 bits per heavy atom. The molecule has 2 aliphatic heterocycles. The molecule has 0 aromatic heterocycles. The summed E-state index contributed by atoms with van der Waals surface area (Å²) in [7, 11) is 0. The van der Waals surface area contributed by atoms with Crippen LogP contribution in [0.3, 0.4) is 0 Å². The van der Waals surface area contributed by atoms with Crippen molar-refractivity contribution in [2.24, 2.45) is 0 Å². The average Bonchev–Trinajstić information content (AvgIpc) is 2.64. The van der Waals surface area contributed by atoms with Crippen LogP contribution < -0.4 is 0 Å². The van der Waals surface area contributed by atoms with Crippen molar-refractivity contribution in [3.63, 3.8) is 0 Å². The lowest BCUT2D eigenvalue weighted by molar-refractivity contribution is -0.359. The summed E-state index contributed by atoms with van der Waals surface area (Å²) in [6.45, 7) is 2.22. The molecule has 7 N–H and O–H groups in total. The van der Waals surface area contributed by atoms with Gasteiger partial charge < -0.3 is 54.7 Å². The van der Waals surface area contributed by atoms with E-state index in [1.807, 2.05) is 0 Å². The Morgan fingerprint density at radius 1 is 0.769 bits per heavy atom. The van der Waals surface area contributed by atoms with Gasteiger partial charge in [-0.05, 0) is 0 Å². The van der Waals surface area contributed by atoms with Gasteiger partial charge in [-0.2, -0.15) is 0 Å². The van der Waals surface area contributed by atoms with E-state index < -0.39 is 74.6 Å². The SMILES string of the molecule is C=CCO[C@H]1O[C@H](CO)[C@@H](O)[C@H](O[C@@H]2O[C@H](CO)[C@@H](O)[C@H](O)[C@H]2O)[C@H]1O. The standard InChI is InChI=1S/C15H26O11/c1-2-3-23-14-12(22)13(9(19)7(5-17)24-14)26-15-11(21)10(20)8(18)6(4-16)25-15/h2,6-22H,1,3-5H2/t6-,7-,8-,9-,10+,11-,12-,13+,14+,15+/m1/s1. The smallest absolute Gasteiger partial charge is 0.187 e. The van der Waals surface area contributed by atoms with Gasteiger partial charge in [0.15, 0.2) is 12.6 Å². The quantitative estimate of drug-likeness (QED) is 0.212. The van der Waals surface area contributed by atoms with Gasteiger partial charge in [0.05, 0.1) is 19.8 Å². The van der Waals surface area contributed by atoms with E-state index in [9.17, 15) is 35.7 Å². The Hall–Kier alpha value is -0.700. The zero-order chi connectivity index (χ0) is 19.4. The second-order valence-electron chi connectivity index (χ2n) is 6.13. The van der Waals surface area contributed by atoms with Crippen LogP contribution in [0.5, 0.6) is 0 Å². The first-order valence-corrected chi connectivity index (χ1v) is 8.16. The van der Waals surface area contributed by atoms with E-state index in [4.69, 9.17) is 18.9 Å². The van der Waals surface area contributed by atoms with Crippen molar-refractivity contribution in [2.75, 3.05) is 19.8 Å². The normalized spacial score (nSPS) is 46.9. The van der Waals surface area contributed by atoms with E-state index in [2.05, 4.69) is 6.58 Å². The van der Waals surface area contributed by atoms with Gasteiger partial charge in [-0.15, -0.1) is 6.58 Å². The summed E-state index contributed by atoms with van der Waals surface area (Å²) >= 11 is 0. The molecule has 152 valence electrons. The molecule has 0 aromatic rings. The molecule has 26 heavy (non-hydrogen) atoms. The molecule has 0 unspecified atom stereocenters. The molecular weight excluding hydrogens is 356 g/mol. The lowest BCUT2D eigenvalue weighted by atomic mass is 9.97. The molecule has 0 bridgehead atoms. The second kappa shape index (κ2) is 9.48. The Balaban J connectivity index is 2.14. The summed E-state index contributed by atoms with van der Waals surface area (Å²) in [5.41, 5.74) is 0. The van der Waals surface area contributed by atoms with E-state index in [1.54, 1.807) is 0 Å². The highest BCUT2D eigenvalue weighted by Gasteiger charge is 2.50. The predicted octanol–water partition coefficient (Wildman–Crippen LogP) is -4.19. The molecule has 11 heteroatoms. The van der Waals surface area contributed by atoms with Crippen LogP contribution in [0, 0.1) is 0 Å². The number of hydrogen-bond donors (Lipinski definition) is 7. The van der Waals surface area contributed by atoms with Gasteiger partial charge in [0.1, 0.15) is 48.8 Å². The molecule has 2 fully saturated rings. The van der Waals surface area contributed by atoms with Crippen LogP contribution >= 0.6 is 0 Å². The van der Waals surface area contributed by atoms with Crippen LogP contribution in [0.2, 0.25) is 0 Å². The zero-order valence-electron chi connectivity index (χ0n) is 13.9. The molecule has 0 aliphatic carbocycles. The fourth-order valence-corrected chi connectivity index (χ4v) is 2.85. The molecule has 2 aliphatic rings. The monoisotopic (exact) mass is 382 g/mol. The first-order chi connectivity index (χ1) is 12.3. The van der Waals surface area contributed by atoms with E-state index >= 15 is 0 Å². The third-order valence-corrected chi connectivity index (χ3v) is 4.34. The molecule has 0 saturated carbocycles. The van der Waals surface area contributed by atoms with Crippen LogP contribution in [-0.4, -0.2) is 117 Å². The van der Waals surface area contributed by atoms with Crippen molar-refractivity contribution >= 4 is 0 Å². The molecular formula is C15H26O11. The van der Waals surface area contributed by atoms with Crippen LogP contribution in [0.15, 0.2) is 12.7 Å². The van der Waals surface area contributed by atoms with Gasteiger partial charge in [-0.1, -0.05) is 6.08 Å². The van der Waals surface area contributed by atoms with E-state index in [0.717, 1.165) is 0 Å². The summed E-state index contributed by atoms with van der Waals surface area (Å²) < 4.78 is 21.1. The number of aliphatic hydroxyl groups is 7. The lowest BCUT2D eigenvalue weighted by Gasteiger charge is -2.45. The second-order valence-corrected chi connectivity index (χ2v) is 6.13. The molecule has 2 saturated heterocycles. The molecule has 11 nitrogen and oxygen atoms in total. The molecule has 2 heterocycles. The van der Waals surface area contributed by atoms with Gasteiger partial charge in [0, 0.05) is 0 Å². The molecule has 0 amide bonds. The highest BCUT2D eigenvalue weighted by Crippen LogP contribution is 2.29. The number of hydrogen-bond acceptors (Lipinski definition) is 11. The summed E-state index contributed by atoms with van der Waals surface area (Å²) in [5, 5.41) is 68.7. The third-order valence-electron chi connectivity index (χ3n) is 4.34. The maximum atomic E-state index is 10.3. The zero-order valence-corrected chi connectivity index (χ0v) is 13.9. The first-order valence-electron chi connectivity index (χ1n) is 8.16. The summed E-state index contributed by atoms with van der Waals surface area (Å²) in [5.74, 6) is 0. The molecule has 2 rings (SSSR count). The largest absolute Gasteiger partial charge is 0.394 e. The van der Waals surface area contributed by atoms with Crippen molar-refractivity contribution < 1.29 is 54.7 Å². The minimum atomic E-state index is -1.71. The van der Waals surface area contributed by atoms with Crippen molar-refractivity contribution in [2.45, 2.75) is 61.4 Å². The topological polar surface area (TPSA) is 179 Å². The highest BCUT2D eigenvalue weighted by atomic mass is 16.7. The Morgan fingerprint density at radius 2 is 1.35 bits per heavy atom. The van der Waals surface area contributed by atoms with E-state index in [1.165, 1.54) is 6.08 Å². The number of aliphatic hydroxyl groups excluding tert-OH is 7. The number of rotatable bonds is 7. The Kier molecular flexibility index (Phi) is 7.88. The van der Waals surface area contributed by atoms with Gasteiger partial charge in [-0.3, -0.25) is 0 Å². The minimum Gasteiger partial charge on any atom is -0.394 e. The van der Waals surface area contributed by atoms with Crippen molar-refractivity contribution in [1.29, 1.82) is 0 Å². The van der Waals surface area contributed by atoms with Crippen molar-refractivity contribution in [1.82, 2.24) is 0 Å². The van der Waals surface area contributed by atoms with Gasteiger partial charge in [-0.25, -0.2) is 0 Å². The van der Waals surface area contributed by atoms with Gasteiger partial charge in [0.25, 0.3) is 0 Å². The minimum absolute atomic E-state index is 0.0166. The van der Waals surface area contributed by atoms with E-state index in [0.29, 0.717) is 0 Å². The van der Waals surface area contributed by atoms with Crippen LogP contribution in [0.25, 0.3) is 0 Å². The lowest BCUT2D eigenvalue weighted by Crippen LogP contribution is -2.64. The summed E-state index contributed by atoms with van der Waals surface area (Å²) in [6, 6.07) is 0. The Labute approximate surface area is 149 Å². The van der Waals surface area contributed by atoms with Crippen LogP contribution in [0.4, 0.5) is 0 Å². The fourth-order valence-electron chi connectivity index (χ4n) is 2.85. The highest BCUT2D eigenvalue weighted by molar-refractivity contribution is 4.94. The molecule has 0 spiro atoms. The maximum absolute atomic E-state index is 10.3. The summed E-state index contributed by atoms with van der Waals surface area (Å²) in [6.07, 6.45) is -13.2. The van der Waals surface area contributed by atoms with Crippen LogP contribution in [-0.2, 0) is 18.9 Å². The number of ether oxygens (including phenoxy) is 4. The van der Waals surface area contributed by atoms with Crippen molar-refractivity contribution in [3.8, 4) is 0 Å². The van der Waals surface area contributed by atoms with Gasteiger partial charge >= 0.3 is 0 Å². The van der Waals surface area contributed by atoms with Crippen LogP contribution in [0.1, 0.15) is 0 Å². The molecule has 0 radical (unpaired) electrons. The van der Waals surface area contributed by atoms with Crippen molar-refractivity contribution in [3.05, 3.63) is 12.7 Å². The maximum Gasteiger partial charge on any atom is 0.187 e. The average molecular weight is 382 g/mol. The fraction of sp³-hybridized carbons (Fsp3) is 0.867. The van der Waals surface area contributed by atoms with Gasteiger partial charge in [0.2, 0.25) is 0 Å². The first kappa shape index (κ1) is 21.6. The Bertz CT molecular complexity index is 447.